The summed E-state index contributed by atoms with van der Waals surface area (Å²) in [7, 11) is 0. The fraction of sp³-hybridized carbons (Fsp3) is 1.00. The molecule has 0 aromatic heterocycles. The molecule has 0 aromatic carbocycles. The molecule has 1 saturated carbocycles. The highest BCUT2D eigenvalue weighted by Crippen LogP contribution is 2.29. The van der Waals surface area contributed by atoms with Crippen LogP contribution in [0.3, 0.4) is 0 Å². The van der Waals surface area contributed by atoms with Crippen LogP contribution in [0.5, 0.6) is 0 Å². The molecule has 2 atom stereocenters. The summed E-state index contributed by atoms with van der Waals surface area (Å²) in [5.74, 6) is 0.787. The van der Waals surface area contributed by atoms with Crippen molar-refractivity contribution in [3.05, 3.63) is 0 Å². The van der Waals surface area contributed by atoms with E-state index in [1.807, 2.05) is 0 Å². The minimum Gasteiger partial charge on any atom is -0.393 e. The average molecular weight is 212 g/mol. The molecule has 1 saturated heterocycles. The van der Waals surface area contributed by atoms with E-state index in [2.05, 4.69) is 0 Å². The van der Waals surface area contributed by atoms with E-state index in [4.69, 9.17) is 4.74 Å². The van der Waals surface area contributed by atoms with E-state index in [-0.39, 0.29) is 6.10 Å². The van der Waals surface area contributed by atoms with Crippen molar-refractivity contribution in [1.82, 2.24) is 0 Å². The van der Waals surface area contributed by atoms with Crippen LogP contribution in [0.2, 0.25) is 0 Å². The van der Waals surface area contributed by atoms with Gasteiger partial charge in [-0.1, -0.05) is 32.1 Å². The van der Waals surface area contributed by atoms with Crippen molar-refractivity contribution >= 4 is 0 Å². The Hall–Kier alpha value is -0.0800. The van der Waals surface area contributed by atoms with E-state index in [0.717, 1.165) is 31.8 Å². The van der Waals surface area contributed by atoms with Gasteiger partial charge >= 0.3 is 0 Å². The molecular formula is C13H24O2. The highest BCUT2D eigenvalue weighted by atomic mass is 16.5. The van der Waals surface area contributed by atoms with Crippen molar-refractivity contribution in [3.63, 3.8) is 0 Å². The van der Waals surface area contributed by atoms with Crippen LogP contribution in [0.4, 0.5) is 0 Å². The molecule has 1 aliphatic carbocycles. The zero-order valence-electron chi connectivity index (χ0n) is 9.66. The van der Waals surface area contributed by atoms with Crippen molar-refractivity contribution in [1.29, 1.82) is 0 Å². The molecule has 88 valence electrons. The first-order valence-corrected chi connectivity index (χ1v) is 6.64. The lowest BCUT2D eigenvalue weighted by atomic mass is 9.84. The van der Waals surface area contributed by atoms with Crippen LogP contribution in [-0.4, -0.2) is 23.9 Å². The minimum absolute atomic E-state index is 0.115. The summed E-state index contributed by atoms with van der Waals surface area (Å²) in [6.45, 7) is 0.904. The number of rotatable bonds is 4. The first kappa shape index (κ1) is 11.4. The Balaban J connectivity index is 1.64. The van der Waals surface area contributed by atoms with Gasteiger partial charge in [0.1, 0.15) is 0 Å². The molecule has 2 nitrogen and oxygen atoms in total. The van der Waals surface area contributed by atoms with Crippen LogP contribution in [0, 0.1) is 5.92 Å². The van der Waals surface area contributed by atoms with Gasteiger partial charge in [0.05, 0.1) is 12.2 Å². The lowest BCUT2D eigenvalue weighted by Crippen LogP contribution is -2.21. The maximum Gasteiger partial charge on any atom is 0.0600 e. The highest BCUT2D eigenvalue weighted by molar-refractivity contribution is 4.74. The summed E-state index contributed by atoms with van der Waals surface area (Å²) < 4.78 is 5.55. The second-order valence-corrected chi connectivity index (χ2v) is 5.26. The number of aliphatic hydroxyl groups is 1. The number of hydrogen-bond donors (Lipinski definition) is 1. The third-order valence-corrected chi connectivity index (χ3v) is 3.89. The first-order chi connectivity index (χ1) is 7.34. The van der Waals surface area contributed by atoms with Gasteiger partial charge in [-0.05, 0) is 31.6 Å². The number of hydrogen-bond acceptors (Lipinski definition) is 2. The van der Waals surface area contributed by atoms with Gasteiger partial charge in [0.25, 0.3) is 0 Å². The van der Waals surface area contributed by atoms with Crippen molar-refractivity contribution in [2.24, 2.45) is 5.92 Å². The second kappa shape index (κ2) is 5.86. The van der Waals surface area contributed by atoms with Gasteiger partial charge < -0.3 is 9.84 Å². The Bertz CT molecular complexity index is 169. The first-order valence-electron chi connectivity index (χ1n) is 6.64. The second-order valence-electron chi connectivity index (χ2n) is 5.26. The molecule has 2 aliphatic rings. The molecule has 0 aromatic rings. The molecule has 15 heavy (non-hydrogen) atoms. The molecular weight excluding hydrogens is 188 g/mol. The van der Waals surface area contributed by atoms with Gasteiger partial charge in [0.15, 0.2) is 0 Å². The number of ether oxygens (including phenoxy) is 1. The van der Waals surface area contributed by atoms with E-state index in [1.54, 1.807) is 0 Å². The third kappa shape index (κ3) is 3.76. The molecule has 1 aliphatic heterocycles. The summed E-state index contributed by atoms with van der Waals surface area (Å²) in [6.07, 6.45) is 11.3. The maximum absolute atomic E-state index is 9.98. The van der Waals surface area contributed by atoms with E-state index in [0.29, 0.717) is 6.10 Å². The zero-order valence-corrected chi connectivity index (χ0v) is 9.66. The van der Waals surface area contributed by atoms with Crippen molar-refractivity contribution < 1.29 is 9.84 Å². The Morgan fingerprint density at radius 3 is 2.47 bits per heavy atom. The molecule has 0 spiro atoms. The van der Waals surface area contributed by atoms with Crippen molar-refractivity contribution in [2.45, 2.75) is 70.0 Å². The van der Waals surface area contributed by atoms with Crippen LogP contribution in [0.15, 0.2) is 0 Å². The Labute approximate surface area is 93.0 Å². The van der Waals surface area contributed by atoms with Gasteiger partial charge in [-0.3, -0.25) is 0 Å². The largest absolute Gasteiger partial charge is 0.393 e. The summed E-state index contributed by atoms with van der Waals surface area (Å²) in [4.78, 5) is 0. The van der Waals surface area contributed by atoms with E-state index in [1.165, 1.54) is 38.5 Å². The minimum atomic E-state index is -0.115. The third-order valence-electron chi connectivity index (χ3n) is 3.89. The topological polar surface area (TPSA) is 29.5 Å². The Morgan fingerprint density at radius 2 is 1.80 bits per heavy atom. The summed E-state index contributed by atoms with van der Waals surface area (Å²) in [6, 6.07) is 0. The zero-order chi connectivity index (χ0) is 10.5. The predicted molar refractivity (Wildman–Crippen MR) is 60.8 cm³/mol. The van der Waals surface area contributed by atoms with Crippen LogP contribution in [0.25, 0.3) is 0 Å². The summed E-state index contributed by atoms with van der Waals surface area (Å²) in [5.41, 5.74) is 0. The molecule has 2 unspecified atom stereocenters. The van der Waals surface area contributed by atoms with Crippen LogP contribution >= 0.6 is 0 Å². The average Bonchev–Trinajstić information content (AvgIpc) is 2.71. The van der Waals surface area contributed by atoms with Gasteiger partial charge in [0, 0.05) is 6.61 Å². The quantitative estimate of drug-likeness (QED) is 0.776. The van der Waals surface area contributed by atoms with Gasteiger partial charge in [-0.25, -0.2) is 0 Å². The van der Waals surface area contributed by atoms with Crippen LogP contribution < -0.4 is 0 Å². The Kier molecular flexibility index (Phi) is 4.45. The van der Waals surface area contributed by atoms with Gasteiger partial charge in [-0.15, -0.1) is 0 Å². The lowest BCUT2D eigenvalue weighted by molar-refractivity contribution is 0.0408. The lowest BCUT2D eigenvalue weighted by Gasteiger charge is -2.25. The molecule has 1 N–H and O–H groups in total. The van der Waals surface area contributed by atoms with Crippen LogP contribution in [0.1, 0.15) is 57.8 Å². The Morgan fingerprint density at radius 1 is 1.00 bits per heavy atom. The predicted octanol–water partition coefficient (Wildman–Crippen LogP) is 2.89. The summed E-state index contributed by atoms with van der Waals surface area (Å²) >= 11 is 0. The normalized spacial score (nSPS) is 30.6. The maximum atomic E-state index is 9.98. The fourth-order valence-corrected chi connectivity index (χ4v) is 3.04. The van der Waals surface area contributed by atoms with E-state index in [9.17, 15) is 5.11 Å². The number of aliphatic hydroxyl groups excluding tert-OH is 1. The molecule has 2 heteroatoms. The fourth-order valence-electron chi connectivity index (χ4n) is 3.04. The van der Waals surface area contributed by atoms with E-state index < -0.39 is 0 Å². The summed E-state index contributed by atoms with van der Waals surface area (Å²) in [5, 5.41) is 9.98. The molecule has 0 amide bonds. The standard InChI is InChI=1S/C13H24O2/c14-12(10-13-7-4-8-15-13)9-11-5-2-1-3-6-11/h11-14H,1-10H2. The smallest absolute Gasteiger partial charge is 0.0600 e. The van der Waals surface area contributed by atoms with E-state index >= 15 is 0 Å². The van der Waals surface area contributed by atoms with Crippen molar-refractivity contribution in [3.8, 4) is 0 Å². The monoisotopic (exact) mass is 212 g/mol. The van der Waals surface area contributed by atoms with Gasteiger partial charge in [0.2, 0.25) is 0 Å². The molecule has 0 bridgehead atoms. The van der Waals surface area contributed by atoms with Gasteiger partial charge in [-0.2, -0.15) is 0 Å². The SMILES string of the molecule is OC(CC1CCCCC1)CC1CCCO1. The highest BCUT2D eigenvalue weighted by Gasteiger charge is 2.22. The molecule has 2 fully saturated rings. The molecule has 1 heterocycles. The molecule has 0 radical (unpaired) electrons. The van der Waals surface area contributed by atoms with Crippen LogP contribution in [-0.2, 0) is 4.74 Å². The molecule has 2 rings (SSSR count). The van der Waals surface area contributed by atoms with Crippen molar-refractivity contribution in [2.75, 3.05) is 6.61 Å².